The van der Waals surface area contributed by atoms with Gasteiger partial charge in [-0.15, -0.1) is 11.8 Å². The lowest BCUT2D eigenvalue weighted by Gasteiger charge is -2.12. The summed E-state index contributed by atoms with van der Waals surface area (Å²) in [6.07, 6.45) is 0. The van der Waals surface area contributed by atoms with Crippen LogP contribution in [0.15, 0.2) is 65.6 Å². The van der Waals surface area contributed by atoms with Gasteiger partial charge in [0, 0.05) is 21.5 Å². The molecule has 0 bridgehead atoms. The van der Waals surface area contributed by atoms with Gasteiger partial charge < -0.3 is 5.32 Å². The highest BCUT2D eigenvalue weighted by molar-refractivity contribution is 7.99. The fourth-order valence-corrected chi connectivity index (χ4v) is 5.66. The molecule has 3 aromatic carbocycles. The largest absolute Gasteiger partial charge is 0.325 e. The highest BCUT2D eigenvalue weighted by atomic mass is 35.5. The summed E-state index contributed by atoms with van der Waals surface area (Å²) in [5, 5.41) is 3.89. The number of hydrogen-bond donors (Lipinski definition) is 2. The molecule has 0 heterocycles. The number of nitrogens with one attached hydrogen (secondary N) is 2. The molecule has 168 valence electrons. The molecule has 0 aliphatic carbocycles. The third-order valence-corrected chi connectivity index (χ3v) is 7.66. The molecule has 2 N–H and O–H groups in total. The van der Waals surface area contributed by atoms with E-state index < -0.39 is 10.0 Å². The number of anilines is 2. The Balaban J connectivity index is 1.57. The second kappa shape index (κ2) is 10.6. The minimum atomic E-state index is -3.74. The maximum absolute atomic E-state index is 12.7. The summed E-state index contributed by atoms with van der Waals surface area (Å²) in [5.41, 5.74) is 3.73. The first-order valence-corrected chi connectivity index (χ1v) is 13.1. The molecule has 9 heteroatoms. The van der Waals surface area contributed by atoms with Crippen molar-refractivity contribution in [3.05, 3.63) is 87.4 Å². The van der Waals surface area contributed by atoms with Crippen molar-refractivity contribution in [1.29, 1.82) is 0 Å². The molecule has 0 aliphatic heterocycles. The topological polar surface area (TPSA) is 75.3 Å². The van der Waals surface area contributed by atoms with E-state index >= 15 is 0 Å². The fraction of sp³-hybridized carbons (Fsp3) is 0.174. The molecular formula is C23H22Cl2N2O3S2. The molecule has 1 amide bonds. The van der Waals surface area contributed by atoms with Crippen molar-refractivity contribution in [3.8, 4) is 0 Å². The van der Waals surface area contributed by atoms with Crippen LogP contribution in [0.4, 0.5) is 11.4 Å². The van der Waals surface area contributed by atoms with Crippen molar-refractivity contribution in [3.63, 3.8) is 0 Å². The van der Waals surface area contributed by atoms with Crippen molar-refractivity contribution >= 4 is 62.3 Å². The molecule has 3 aromatic rings. The molecule has 0 fully saturated rings. The highest BCUT2D eigenvalue weighted by Crippen LogP contribution is 2.28. The molecule has 3 rings (SSSR count). The standard InChI is InChI=1S/C23H22Cl2N2O3S2/c1-15-6-11-22(16(2)12-15)27-32(29,30)18-9-7-17(8-10-18)26-23(28)14-31-13-19-20(24)4-3-5-21(19)25/h3-12,27H,13-14H2,1-2H3,(H,26,28). The van der Waals surface area contributed by atoms with Crippen LogP contribution in [-0.4, -0.2) is 20.1 Å². The van der Waals surface area contributed by atoms with Gasteiger partial charge in [-0.25, -0.2) is 8.42 Å². The molecule has 5 nitrogen and oxygen atoms in total. The highest BCUT2D eigenvalue weighted by Gasteiger charge is 2.16. The van der Waals surface area contributed by atoms with Crippen molar-refractivity contribution < 1.29 is 13.2 Å². The Hall–Kier alpha value is -2.19. The van der Waals surface area contributed by atoms with Crippen LogP contribution in [0.5, 0.6) is 0 Å². The van der Waals surface area contributed by atoms with Crippen molar-refractivity contribution in [2.24, 2.45) is 0 Å². The molecule has 0 aliphatic rings. The Labute approximate surface area is 202 Å². The van der Waals surface area contributed by atoms with Gasteiger partial charge in [-0.05, 0) is 67.4 Å². The van der Waals surface area contributed by atoms with E-state index in [1.165, 1.54) is 23.9 Å². The van der Waals surface area contributed by atoms with Gasteiger partial charge >= 0.3 is 0 Å². The fourth-order valence-electron chi connectivity index (χ4n) is 2.96. The summed E-state index contributed by atoms with van der Waals surface area (Å²) < 4.78 is 28.0. The maximum atomic E-state index is 12.7. The average molecular weight is 509 g/mol. The second-order valence-electron chi connectivity index (χ2n) is 7.19. The number of benzene rings is 3. The van der Waals surface area contributed by atoms with Gasteiger partial charge in [0.2, 0.25) is 5.91 Å². The Morgan fingerprint density at radius 1 is 0.969 bits per heavy atom. The summed E-state index contributed by atoms with van der Waals surface area (Å²) >= 11 is 13.7. The zero-order chi connectivity index (χ0) is 23.3. The summed E-state index contributed by atoms with van der Waals surface area (Å²) in [6.45, 7) is 3.80. The minimum Gasteiger partial charge on any atom is -0.325 e. The van der Waals surface area contributed by atoms with Crippen LogP contribution in [0.3, 0.4) is 0 Å². The predicted molar refractivity (Wildman–Crippen MR) is 134 cm³/mol. The summed E-state index contributed by atoms with van der Waals surface area (Å²) in [7, 11) is -3.74. The first-order chi connectivity index (χ1) is 15.2. The van der Waals surface area contributed by atoms with E-state index in [2.05, 4.69) is 10.0 Å². The second-order valence-corrected chi connectivity index (χ2v) is 10.7. The number of amides is 1. The molecule has 0 radical (unpaired) electrons. The third kappa shape index (κ3) is 6.42. The third-order valence-electron chi connectivity index (χ3n) is 4.62. The van der Waals surface area contributed by atoms with Gasteiger partial charge in [0.25, 0.3) is 10.0 Å². The Morgan fingerprint density at radius 3 is 2.25 bits per heavy atom. The van der Waals surface area contributed by atoms with Gasteiger partial charge in [-0.2, -0.15) is 0 Å². The molecule has 0 spiro atoms. The summed E-state index contributed by atoms with van der Waals surface area (Å²) in [5.74, 6) is 0.505. The Morgan fingerprint density at radius 2 is 1.62 bits per heavy atom. The van der Waals surface area contributed by atoms with Gasteiger partial charge in [-0.3, -0.25) is 9.52 Å². The molecule has 0 saturated carbocycles. The number of aryl methyl sites for hydroxylation is 2. The number of hydrogen-bond acceptors (Lipinski definition) is 4. The molecule has 0 saturated heterocycles. The van der Waals surface area contributed by atoms with E-state index in [-0.39, 0.29) is 16.6 Å². The first kappa shape index (κ1) is 24.5. The lowest BCUT2D eigenvalue weighted by Crippen LogP contribution is -2.15. The van der Waals surface area contributed by atoms with Crippen LogP contribution in [0.2, 0.25) is 10.0 Å². The minimum absolute atomic E-state index is 0.109. The van der Waals surface area contributed by atoms with E-state index in [4.69, 9.17) is 23.2 Å². The lowest BCUT2D eigenvalue weighted by molar-refractivity contribution is -0.113. The zero-order valence-corrected chi connectivity index (χ0v) is 20.6. The molecule has 32 heavy (non-hydrogen) atoms. The molecule has 0 atom stereocenters. The normalized spacial score (nSPS) is 11.2. The summed E-state index contributed by atoms with van der Waals surface area (Å²) in [6, 6.07) is 16.8. The Bertz CT molecular complexity index is 1210. The van der Waals surface area contributed by atoms with Crippen LogP contribution < -0.4 is 10.0 Å². The number of carbonyl (C=O) groups is 1. The van der Waals surface area contributed by atoms with E-state index in [0.29, 0.717) is 27.2 Å². The predicted octanol–water partition coefficient (Wildman–Crippen LogP) is 6.28. The van der Waals surface area contributed by atoms with Crippen molar-refractivity contribution in [2.45, 2.75) is 24.5 Å². The molecular weight excluding hydrogens is 487 g/mol. The SMILES string of the molecule is Cc1ccc(NS(=O)(=O)c2ccc(NC(=O)CSCc3c(Cl)cccc3Cl)cc2)c(C)c1. The van der Waals surface area contributed by atoms with E-state index in [0.717, 1.165) is 16.7 Å². The van der Waals surface area contributed by atoms with E-state index in [1.807, 2.05) is 26.0 Å². The number of thioether (sulfide) groups is 1. The lowest BCUT2D eigenvalue weighted by atomic mass is 10.1. The van der Waals surface area contributed by atoms with E-state index in [9.17, 15) is 13.2 Å². The van der Waals surface area contributed by atoms with Gasteiger partial charge in [0.1, 0.15) is 0 Å². The molecule has 0 aromatic heterocycles. The van der Waals surface area contributed by atoms with Gasteiger partial charge in [0.05, 0.1) is 16.3 Å². The number of carbonyl (C=O) groups excluding carboxylic acids is 1. The first-order valence-electron chi connectivity index (χ1n) is 9.66. The van der Waals surface area contributed by atoms with E-state index in [1.54, 1.807) is 36.4 Å². The smallest absolute Gasteiger partial charge is 0.261 e. The monoisotopic (exact) mass is 508 g/mol. The quantitative estimate of drug-likeness (QED) is 0.375. The van der Waals surface area contributed by atoms with Crippen molar-refractivity contribution in [2.75, 3.05) is 15.8 Å². The maximum Gasteiger partial charge on any atom is 0.261 e. The summed E-state index contributed by atoms with van der Waals surface area (Å²) in [4.78, 5) is 12.3. The van der Waals surface area contributed by atoms with Crippen molar-refractivity contribution in [1.82, 2.24) is 0 Å². The van der Waals surface area contributed by atoms with Gasteiger partial charge in [-0.1, -0.05) is 47.0 Å². The van der Waals surface area contributed by atoms with Crippen LogP contribution in [0.25, 0.3) is 0 Å². The van der Waals surface area contributed by atoms with Crippen LogP contribution in [-0.2, 0) is 20.6 Å². The van der Waals surface area contributed by atoms with Crippen LogP contribution in [0.1, 0.15) is 16.7 Å². The number of halogens is 2. The zero-order valence-electron chi connectivity index (χ0n) is 17.5. The molecule has 0 unspecified atom stereocenters. The van der Waals surface area contributed by atoms with Gasteiger partial charge in [0.15, 0.2) is 0 Å². The number of sulfonamides is 1. The van der Waals surface area contributed by atoms with Crippen LogP contribution >= 0.6 is 35.0 Å². The average Bonchev–Trinajstić information content (AvgIpc) is 2.73. The number of rotatable bonds is 8. The Kier molecular flexibility index (Phi) is 8.11. The van der Waals surface area contributed by atoms with Crippen LogP contribution in [0, 0.1) is 13.8 Å².